The molecule has 0 spiro atoms. The second-order valence-electron chi connectivity index (χ2n) is 7.00. The van der Waals surface area contributed by atoms with Crippen molar-refractivity contribution in [2.75, 3.05) is 18.4 Å². The van der Waals surface area contributed by atoms with Crippen LogP contribution in [0.5, 0.6) is 0 Å². The number of aromatic nitrogens is 2. The number of hydrogen-bond acceptors (Lipinski definition) is 5. The van der Waals surface area contributed by atoms with Crippen LogP contribution in [0.4, 0.5) is 10.1 Å². The highest BCUT2D eigenvalue weighted by atomic mass is 19.1. The molecule has 2 aliphatic rings. The van der Waals surface area contributed by atoms with E-state index >= 15 is 0 Å². The van der Waals surface area contributed by atoms with E-state index in [1.54, 1.807) is 4.68 Å². The molecule has 2 aliphatic heterocycles. The van der Waals surface area contributed by atoms with Crippen LogP contribution in [0.15, 0.2) is 18.2 Å². The fourth-order valence-electron chi connectivity index (χ4n) is 3.78. The van der Waals surface area contributed by atoms with Crippen LogP contribution in [0.3, 0.4) is 0 Å². The minimum Gasteiger partial charge on any atom is -0.379 e. The lowest BCUT2D eigenvalue weighted by molar-refractivity contribution is -0.134. The van der Waals surface area contributed by atoms with Gasteiger partial charge in [-0.3, -0.25) is 19.6 Å². The van der Waals surface area contributed by atoms with Crippen molar-refractivity contribution in [3.05, 3.63) is 23.9 Å². The zero-order chi connectivity index (χ0) is 18.3. The van der Waals surface area contributed by atoms with E-state index in [2.05, 4.69) is 21.0 Å². The molecule has 26 heavy (non-hydrogen) atoms. The molecule has 2 aromatic rings. The van der Waals surface area contributed by atoms with Gasteiger partial charge in [0.1, 0.15) is 6.17 Å². The summed E-state index contributed by atoms with van der Waals surface area (Å²) in [6.07, 6.45) is 0.591. The van der Waals surface area contributed by atoms with Crippen LogP contribution >= 0.6 is 0 Å². The number of benzene rings is 1. The SMILES string of the molecule is Cn1nc(C2CCC(=O)NC2=O)c2ccc(N[C@H]3CCNC[C@@H]3F)cc21. The van der Waals surface area contributed by atoms with E-state index in [1.807, 2.05) is 25.2 Å². The summed E-state index contributed by atoms with van der Waals surface area (Å²) in [5, 5.41) is 14.1. The number of hydrogen-bond donors (Lipinski definition) is 3. The second kappa shape index (κ2) is 6.68. The van der Waals surface area contributed by atoms with Gasteiger partial charge in [0.15, 0.2) is 0 Å². The predicted molar refractivity (Wildman–Crippen MR) is 95.6 cm³/mol. The zero-order valence-electron chi connectivity index (χ0n) is 14.6. The topological polar surface area (TPSA) is 88.0 Å². The van der Waals surface area contributed by atoms with Crippen LogP contribution in [0, 0.1) is 0 Å². The van der Waals surface area contributed by atoms with Crippen molar-refractivity contribution in [3.8, 4) is 0 Å². The number of anilines is 1. The summed E-state index contributed by atoms with van der Waals surface area (Å²) < 4.78 is 15.8. The molecule has 2 amide bonds. The lowest BCUT2D eigenvalue weighted by atomic mass is 9.93. The Hall–Kier alpha value is -2.48. The molecule has 3 heterocycles. The van der Waals surface area contributed by atoms with Crippen LogP contribution in [0.1, 0.15) is 30.9 Å². The number of fused-ring (bicyclic) bond motifs is 1. The maximum Gasteiger partial charge on any atom is 0.235 e. The van der Waals surface area contributed by atoms with E-state index in [0.717, 1.165) is 29.6 Å². The van der Waals surface area contributed by atoms with E-state index in [-0.39, 0.29) is 17.9 Å². The normalized spacial score (nSPS) is 26.8. The molecule has 1 aromatic carbocycles. The average Bonchev–Trinajstić information content (AvgIpc) is 2.93. The Balaban J connectivity index is 1.62. The maximum atomic E-state index is 14.0. The fraction of sp³-hybridized carbons (Fsp3) is 0.500. The van der Waals surface area contributed by atoms with E-state index in [4.69, 9.17) is 0 Å². The number of rotatable bonds is 3. The molecule has 0 radical (unpaired) electrons. The lowest BCUT2D eigenvalue weighted by Crippen LogP contribution is -2.45. The Morgan fingerprint density at radius 1 is 1.31 bits per heavy atom. The third-order valence-electron chi connectivity index (χ3n) is 5.21. The number of nitrogens with zero attached hydrogens (tertiary/aromatic N) is 2. The third kappa shape index (κ3) is 3.05. The quantitative estimate of drug-likeness (QED) is 0.717. The molecule has 2 fully saturated rings. The van der Waals surface area contributed by atoms with Crippen molar-refractivity contribution < 1.29 is 14.0 Å². The fourth-order valence-corrected chi connectivity index (χ4v) is 3.78. The van der Waals surface area contributed by atoms with Crippen molar-refractivity contribution in [1.82, 2.24) is 20.4 Å². The Morgan fingerprint density at radius 3 is 2.92 bits per heavy atom. The van der Waals surface area contributed by atoms with Crippen molar-refractivity contribution in [3.63, 3.8) is 0 Å². The van der Waals surface area contributed by atoms with Gasteiger partial charge in [-0.2, -0.15) is 5.10 Å². The number of carbonyl (C=O) groups excluding carboxylic acids is 2. The number of nitrogens with one attached hydrogen (secondary N) is 3. The van der Waals surface area contributed by atoms with Crippen molar-refractivity contribution >= 4 is 28.4 Å². The first-order chi connectivity index (χ1) is 12.5. The van der Waals surface area contributed by atoms with Crippen LogP contribution in [0.25, 0.3) is 10.9 Å². The number of piperidine rings is 2. The summed E-state index contributed by atoms with van der Waals surface area (Å²) >= 11 is 0. The molecule has 8 heteroatoms. The van der Waals surface area contributed by atoms with Gasteiger partial charge in [0.25, 0.3) is 0 Å². The van der Waals surface area contributed by atoms with Gasteiger partial charge in [-0.25, -0.2) is 4.39 Å². The van der Waals surface area contributed by atoms with Gasteiger partial charge >= 0.3 is 0 Å². The zero-order valence-corrected chi connectivity index (χ0v) is 14.6. The number of halogens is 1. The molecule has 2 saturated heterocycles. The smallest absolute Gasteiger partial charge is 0.235 e. The highest BCUT2D eigenvalue weighted by molar-refractivity contribution is 6.02. The second-order valence-corrected chi connectivity index (χ2v) is 7.00. The van der Waals surface area contributed by atoms with Crippen molar-refractivity contribution in [1.29, 1.82) is 0 Å². The van der Waals surface area contributed by atoms with Gasteiger partial charge in [-0.05, 0) is 37.6 Å². The first kappa shape index (κ1) is 17.0. The standard InChI is InChI=1S/C18H22FN5O2/c1-24-15-8-10(21-14-6-7-20-9-13(14)19)2-3-11(15)17(23-24)12-4-5-16(25)22-18(12)26/h2-3,8,12-14,20-21H,4-7,9H2,1H3,(H,22,25,26)/t12?,13-,14-/m0/s1. The van der Waals surface area contributed by atoms with E-state index in [0.29, 0.717) is 25.1 Å². The van der Waals surface area contributed by atoms with Crippen LogP contribution < -0.4 is 16.0 Å². The molecule has 3 atom stereocenters. The summed E-state index contributed by atoms with van der Waals surface area (Å²) in [5.74, 6) is -0.950. The molecule has 0 aliphatic carbocycles. The Labute approximate surface area is 150 Å². The summed E-state index contributed by atoms with van der Waals surface area (Å²) in [4.78, 5) is 23.6. The lowest BCUT2D eigenvalue weighted by Gasteiger charge is -2.28. The number of alkyl halides is 1. The first-order valence-electron chi connectivity index (χ1n) is 8.94. The molecular weight excluding hydrogens is 337 g/mol. The number of amides is 2. The Morgan fingerprint density at radius 2 is 2.15 bits per heavy atom. The molecule has 0 saturated carbocycles. The van der Waals surface area contributed by atoms with Crippen molar-refractivity contribution in [2.24, 2.45) is 7.05 Å². The number of aryl methyl sites for hydroxylation is 1. The highest BCUT2D eigenvalue weighted by Crippen LogP contribution is 2.31. The minimum atomic E-state index is -0.926. The van der Waals surface area contributed by atoms with E-state index in [9.17, 15) is 14.0 Å². The van der Waals surface area contributed by atoms with Gasteiger partial charge < -0.3 is 10.6 Å². The maximum absolute atomic E-state index is 14.0. The predicted octanol–water partition coefficient (Wildman–Crippen LogP) is 1.21. The summed E-state index contributed by atoms with van der Waals surface area (Å²) in [6, 6.07) is 5.54. The molecule has 4 rings (SSSR count). The Kier molecular flexibility index (Phi) is 4.36. The largest absolute Gasteiger partial charge is 0.379 e. The van der Waals surface area contributed by atoms with Gasteiger partial charge in [0.05, 0.1) is 23.2 Å². The third-order valence-corrected chi connectivity index (χ3v) is 5.21. The summed E-state index contributed by atoms with van der Waals surface area (Å²) in [5.41, 5.74) is 2.40. The molecule has 1 aromatic heterocycles. The summed E-state index contributed by atoms with van der Waals surface area (Å²) in [7, 11) is 1.82. The van der Waals surface area contributed by atoms with Gasteiger partial charge in [-0.1, -0.05) is 0 Å². The van der Waals surface area contributed by atoms with E-state index in [1.165, 1.54) is 0 Å². The van der Waals surface area contributed by atoms with Crippen molar-refractivity contribution in [2.45, 2.75) is 37.4 Å². The number of carbonyl (C=O) groups is 2. The van der Waals surface area contributed by atoms with Crippen LogP contribution in [-0.2, 0) is 16.6 Å². The van der Waals surface area contributed by atoms with Gasteiger partial charge in [0, 0.05) is 31.1 Å². The Bertz CT molecular complexity index is 865. The molecule has 138 valence electrons. The summed E-state index contributed by atoms with van der Waals surface area (Å²) in [6.45, 7) is 1.16. The molecule has 7 nitrogen and oxygen atoms in total. The minimum absolute atomic E-state index is 0.212. The van der Waals surface area contributed by atoms with Crippen LogP contribution in [0.2, 0.25) is 0 Å². The molecular formula is C18H22FN5O2. The monoisotopic (exact) mass is 359 g/mol. The first-order valence-corrected chi connectivity index (χ1v) is 8.94. The van der Waals surface area contributed by atoms with Gasteiger partial charge in [0.2, 0.25) is 11.8 Å². The molecule has 1 unspecified atom stereocenters. The molecule has 0 bridgehead atoms. The number of imide groups is 1. The van der Waals surface area contributed by atoms with Gasteiger partial charge in [-0.15, -0.1) is 0 Å². The highest BCUT2D eigenvalue weighted by Gasteiger charge is 2.31. The molecule has 3 N–H and O–H groups in total. The average molecular weight is 359 g/mol. The van der Waals surface area contributed by atoms with E-state index < -0.39 is 12.1 Å². The van der Waals surface area contributed by atoms with Crippen LogP contribution in [-0.4, -0.2) is 46.9 Å².